The maximum absolute atomic E-state index is 13.5. The molecule has 0 spiro atoms. The molecule has 6 heteroatoms. The van der Waals surface area contributed by atoms with Crippen molar-refractivity contribution in [2.45, 2.75) is 60.3 Å². The molecule has 0 radical (unpaired) electrons. The lowest BCUT2D eigenvalue weighted by atomic mass is 9.93. The van der Waals surface area contributed by atoms with Crippen molar-refractivity contribution in [2.24, 2.45) is 0 Å². The molecule has 0 saturated carbocycles. The standard InChI is InChI=1S/C28H32O6/c1-15(2)7-6-8-17(5)10-12-20-19(11-9-16(3)4)23-26(32)24-21(30)13-18(29)14-22(24)34-28(23)27(33)25(20)31/h7,9-10,13-14,29-31,33H,6,8,11-12H2,1-5H3/b17-10+. The van der Waals surface area contributed by atoms with E-state index in [0.717, 1.165) is 30.1 Å². The molecule has 0 atom stereocenters. The summed E-state index contributed by atoms with van der Waals surface area (Å²) in [6, 6.07) is 2.26. The molecule has 4 N–H and O–H groups in total. The third-order valence-electron chi connectivity index (χ3n) is 5.81. The van der Waals surface area contributed by atoms with Crippen LogP contribution in [0.3, 0.4) is 0 Å². The highest BCUT2D eigenvalue weighted by molar-refractivity contribution is 5.99. The Morgan fingerprint density at radius 3 is 2.12 bits per heavy atom. The molecule has 2 aromatic carbocycles. The molecule has 0 bridgehead atoms. The molecule has 1 heterocycles. The van der Waals surface area contributed by atoms with Crippen LogP contribution in [-0.4, -0.2) is 20.4 Å². The first-order valence-corrected chi connectivity index (χ1v) is 11.3. The Hall–Kier alpha value is -3.67. The third kappa shape index (κ3) is 5.11. The third-order valence-corrected chi connectivity index (χ3v) is 5.81. The van der Waals surface area contributed by atoms with Gasteiger partial charge in [0.05, 0.1) is 5.39 Å². The molecule has 0 saturated heterocycles. The van der Waals surface area contributed by atoms with Crippen molar-refractivity contribution in [2.75, 3.05) is 0 Å². The summed E-state index contributed by atoms with van der Waals surface area (Å²) in [7, 11) is 0. The number of phenolic OH excluding ortho intramolecular Hbond substituents is 4. The van der Waals surface area contributed by atoms with Gasteiger partial charge in [-0.15, -0.1) is 0 Å². The zero-order valence-electron chi connectivity index (χ0n) is 20.3. The SMILES string of the molecule is CC(C)=CCC/C(C)=C/Cc1c(O)c(O)c2oc3cc(O)cc(O)c3c(=O)c2c1CC=C(C)C. The van der Waals surface area contributed by atoms with Crippen molar-refractivity contribution in [1.82, 2.24) is 0 Å². The molecule has 6 nitrogen and oxygen atoms in total. The van der Waals surface area contributed by atoms with Crippen LogP contribution in [0.1, 0.15) is 58.6 Å². The molecule has 0 aliphatic carbocycles. The normalized spacial score (nSPS) is 11.7. The van der Waals surface area contributed by atoms with E-state index in [0.29, 0.717) is 24.0 Å². The van der Waals surface area contributed by atoms with Crippen LogP contribution < -0.4 is 5.43 Å². The van der Waals surface area contributed by atoms with Crippen LogP contribution in [0.2, 0.25) is 0 Å². The average molecular weight is 465 g/mol. The highest BCUT2D eigenvalue weighted by Gasteiger charge is 2.24. The Kier molecular flexibility index (Phi) is 7.40. The van der Waals surface area contributed by atoms with Gasteiger partial charge in [-0.1, -0.05) is 34.9 Å². The van der Waals surface area contributed by atoms with Crippen LogP contribution in [-0.2, 0) is 12.8 Å². The lowest BCUT2D eigenvalue weighted by Gasteiger charge is -2.15. The number of hydrogen-bond acceptors (Lipinski definition) is 6. The van der Waals surface area contributed by atoms with Crippen LogP contribution in [0.5, 0.6) is 23.0 Å². The van der Waals surface area contributed by atoms with Crippen molar-refractivity contribution in [3.8, 4) is 23.0 Å². The Balaban J connectivity index is 2.28. The minimum atomic E-state index is -0.539. The van der Waals surface area contributed by atoms with E-state index < -0.39 is 16.9 Å². The summed E-state index contributed by atoms with van der Waals surface area (Å²) in [5, 5.41) is 41.8. The van der Waals surface area contributed by atoms with Crippen LogP contribution in [0.25, 0.3) is 21.9 Å². The Labute approximate surface area is 198 Å². The van der Waals surface area contributed by atoms with Crippen molar-refractivity contribution >= 4 is 21.9 Å². The molecule has 0 aliphatic rings. The van der Waals surface area contributed by atoms with E-state index in [1.807, 2.05) is 32.9 Å². The predicted octanol–water partition coefficient (Wildman–Crippen LogP) is 6.51. The zero-order valence-corrected chi connectivity index (χ0v) is 20.3. The highest BCUT2D eigenvalue weighted by atomic mass is 16.4. The number of benzene rings is 2. The molecule has 1 aromatic heterocycles. The summed E-state index contributed by atoms with van der Waals surface area (Å²) in [6.45, 7) is 9.99. The molecule has 3 aromatic rings. The average Bonchev–Trinajstić information content (AvgIpc) is 2.73. The lowest BCUT2D eigenvalue weighted by Crippen LogP contribution is -2.08. The van der Waals surface area contributed by atoms with Crippen LogP contribution in [0.4, 0.5) is 0 Å². The zero-order chi connectivity index (χ0) is 25.2. The second-order valence-electron chi connectivity index (χ2n) is 9.19. The first kappa shape index (κ1) is 25.0. The molecule has 0 unspecified atom stereocenters. The first-order chi connectivity index (χ1) is 16.0. The monoisotopic (exact) mass is 464 g/mol. The summed E-state index contributed by atoms with van der Waals surface area (Å²) < 4.78 is 5.73. The van der Waals surface area contributed by atoms with Gasteiger partial charge in [-0.25, -0.2) is 0 Å². The lowest BCUT2D eigenvalue weighted by molar-refractivity contribution is 0.397. The van der Waals surface area contributed by atoms with Crippen LogP contribution in [0.15, 0.2) is 56.3 Å². The fourth-order valence-electron chi connectivity index (χ4n) is 3.99. The minimum Gasteiger partial charge on any atom is -0.508 e. The number of phenols is 4. The Morgan fingerprint density at radius 2 is 1.47 bits per heavy atom. The van der Waals surface area contributed by atoms with E-state index in [1.54, 1.807) is 0 Å². The molecule has 180 valence electrons. The number of hydrogen-bond donors (Lipinski definition) is 4. The van der Waals surface area contributed by atoms with Crippen molar-refractivity contribution in [3.05, 3.63) is 68.4 Å². The van der Waals surface area contributed by atoms with Gasteiger partial charge in [0.15, 0.2) is 11.3 Å². The van der Waals surface area contributed by atoms with Crippen LogP contribution in [0, 0.1) is 0 Å². The summed E-state index contributed by atoms with van der Waals surface area (Å²) in [6.07, 6.45) is 8.51. The number of aromatic hydroxyl groups is 4. The van der Waals surface area contributed by atoms with E-state index >= 15 is 0 Å². The van der Waals surface area contributed by atoms with Crippen LogP contribution >= 0.6 is 0 Å². The van der Waals surface area contributed by atoms with Gasteiger partial charge in [0.1, 0.15) is 22.5 Å². The van der Waals surface area contributed by atoms with Gasteiger partial charge >= 0.3 is 0 Å². The van der Waals surface area contributed by atoms with Gasteiger partial charge < -0.3 is 24.8 Å². The smallest absolute Gasteiger partial charge is 0.204 e. The van der Waals surface area contributed by atoms with E-state index in [1.165, 1.54) is 11.6 Å². The van der Waals surface area contributed by atoms with Gasteiger partial charge in [-0.2, -0.15) is 0 Å². The topological polar surface area (TPSA) is 111 Å². The molecule has 0 amide bonds. The maximum Gasteiger partial charge on any atom is 0.204 e. The summed E-state index contributed by atoms with van der Waals surface area (Å²) >= 11 is 0. The Bertz CT molecular complexity index is 1390. The van der Waals surface area contributed by atoms with E-state index in [-0.39, 0.29) is 33.4 Å². The molecular formula is C28H32O6. The molecule has 34 heavy (non-hydrogen) atoms. The fraction of sp³-hybridized carbons (Fsp3) is 0.321. The predicted molar refractivity (Wildman–Crippen MR) is 136 cm³/mol. The molecule has 3 rings (SSSR count). The molecular weight excluding hydrogens is 432 g/mol. The summed E-state index contributed by atoms with van der Waals surface area (Å²) in [4.78, 5) is 13.5. The fourth-order valence-corrected chi connectivity index (χ4v) is 3.99. The number of fused-ring (bicyclic) bond motifs is 2. The first-order valence-electron chi connectivity index (χ1n) is 11.3. The van der Waals surface area contributed by atoms with Crippen molar-refractivity contribution < 1.29 is 24.8 Å². The summed E-state index contributed by atoms with van der Waals surface area (Å²) in [5.41, 5.74) is 3.58. The number of allylic oxidation sites excluding steroid dienone is 6. The van der Waals surface area contributed by atoms with Gasteiger partial charge in [-0.05, 0) is 65.9 Å². The molecule has 0 fully saturated rings. The van der Waals surface area contributed by atoms with E-state index in [4.69, 9.17) is 4.42 Å². The quantitative estimate of drug-likeness (QED) is 0.180. The largest absolute Gasteiger partial charge is 0.508 e. The van der Waals surface area contributed by atoms with Gasteiger partial charge in [0.2, 0.25) is 11.2 Å². The maximum atomic E-state index is 13.5. The second-order valence-corrected chi connectivity index (χ2v) is 9.19. The number of rotatable bonds is 7. The van der Waals surface area contributed by atoms with Crippen molar-refractivity contribution in [1.29, 1.82) is 0 Å². The summed E-state index contributed by atoms with van der Waals surface area (Å²) in [5.74, 6) is -1.58. The highest BCUT2D eigenvalue weighted by Crippen LogP contribution is 2.42. The Morgan fingerprint density at radius 1 is 0.824 bits per heavy atom. The minimum absolute atomic E-state index is 0.0828. The molecule has 0 aliphatic heterocycles. The van der Waals surface area contributed by atoms with Gasteiger partial charge in [-0.3, -0.25) is 4.79 Å². The van der Waals surface area contributed by atoms with Gasteiger partial charge in [0.25, 0.3) is 0 Å². The van der Waals surface area contributed by atoms with Gasteiger partial charge in [0, 0.05) is 17.7 Å². The van der Waals surface area contributed by atoms with E-state index in [9.17, 15) is 25.2 Å². The second kappa shape index (κ2) is 10.1. The van der Waals surface area contributed by atoms with E-state index in [2.05, 4.69) is 19.9 Å². The van der Waals surface area contributed by atoms with Crippen molar-refractivity contribution in [3.63, 3.8) is 0 Å².